The minimum Gasteiger partial charge on any atom is -0.465 e. The lowest BCUT2D eigenvalue weighted by atomic mass is 10.2. The highest BCUT2D eigenvalue weighted by molar-refractivity contribution is 6.35. The van der Waals surface area contributed by atoms with Crippen LogP contribution in [0.2, 0.25) is 5.15 Å². The number of hydrogen-bond donors (Lipinski definition) is 2. The molecule has 15 heavy (non-hydrogen) atoms. The van der Waals surface area contributed by atoms with Crippen molar-refractivity contribution in [1.82, 2.24) is 15.0 Å². The second-order valence-corrected chi connectivity index (χ2v) is 3.15. The highest BCUT2D eigenvalue weighted by Gasteiger charge is 2.17. The number of aromatic nitrogens is 3. The Kier molecular flexibility index (Phi) is 2.20. The molecule has 0 unspecified atom stereocenters. The number of methoxy groups -OCH3 is 1. The summed E-state index contributed by atoms with van der Waals surface area (Å²) in [7, 11) is 1.28. The van der Waals surface area contributed by atoms with E-state index in [0.29, 0.717) is 11.0 Å². The van der Waals surface area contributed by atoms with E-state index in [2.05, 4.69) is 19.7 Å². The number of fused-ring (bicyclic) bond motifs is 1. The third kappa shape index (κ3) is 1.48. The fourth-order valence-electron chi connectivity index (χ4n) is 1.28. The van der Waals surface area contributed by atoms with Crippen LogP contribution in [0.25, 0.3) is 11.0 Å². The molecule has 0 saturated carbocycles. The van der Waals surface area contributed by atoms with E-state index < -0.39 is 5.97 Å². The number of carbonyl (C=O) groups is 1. The number of halogens is 1. The van der Waals surface area contributed by atoms with E-state index in [0.717, 1.165) is 0 Å². The maximum atomic E-state index is 11.3. The van der Waals surface area contributed by atoms with E-state index >= 15 is 0 Å². The molecular formula is C8H7ClN4O2. The summed E-state index contributed by atoms with van der Waals surface area (Å²) in [5, 5.41) is 0.539. The van der Waals surface area contributed by atoms with Gasteiger partial charge < -0.3 is 15.5 Å². The van der Waals surface area contributed by atoms with Crippen molar-refractivity contribution < 1.29 is 9.53 Å². The van der Waals surface area contributed by atoms with Crippen molar-refractivity contribution in [2.24, 2.45) is 0 Å². The van der Waals surface area contributed by atoms with Crippen LogP contribution in [0.5, 0.6) is 0 Å². The molecule has 0 spiro atoms. The minimum absolute atomic E-state index is 0.0470. The van der Waals surface area contributed by atoms with E-state index in [1.807, 2.05) is 0 Å². The number of aromatic amines is 1. The second-order valence-electron chi connectivity index (χ2n) is 2.79. The molecule has 3 N–H and O–H groups in total. The van der Waals surface area contributed by atoms with Crippen LogP contribution in [0.3, 0.4) is 0 Å². The molecule has 6 nitrogen and oxygen atoms in total. The number of nitrogen functional groups attached to an aromatic ring is 1. The predicted octanol–water partition coefficient (Wildman–Crippen LogP) is 0.980. The third-order valence-corrected chi connectivity index (χ3v) is 2.18. The van der Waals surface area contributed by atoms with Crippen LogP contribution in [-0.2, 0) is 4.74 Å². The number of rotatable bonds is 1. The molecule has 7 heteroatoms. The fourth-order valence-corrected chi connectivity index (χ4v) is 1.55. The van der Waals surface area contributed by atoms with E-state index in [1.165, 1.54) is 13.3 Å². The number of nitrogens with one attached hydrogen (secondary N) is 1. The van der Waals surface area contributed by atoms with Crippen molar-refractivity contribution in [3.05, 3.63) is 16.9 Å². The summed E-state index contributed by atoms with van der Waals surface area (Å²) in [5.74, 6) is -0.456. The Balaban J connectivity index is 2.74. The zero-order chi connectivity index (χ0) is 11.0. The predicted molar refractivity (Wildman–Crippen MR) is 54.7 cm³/mol. The van der Waals surface area contributed by atoms with Gasteiger partial charge in [-0.15, -0.1) is 0 Å². The van der Waals surface area contributed by atoms with Crippen molar-refractivity contribution in [3.8, 4) is 0 Å². The van der Waals surface area contributed by atoms with E-state index in [9.17, 15) is 4.79 Å². The molecule has 0 aliphatic heterocycles. The summed E-state index contributed by atoms with van der Waals surface area (Å²) in [6, 6.07) is 0. The summed E-state index contributed by atoms with van der Waals surface area (Å²) in [6.07, 6.45) is 1.45. The van der Waals surface area contributed by atoms with Crippen molar-refractivity contribution >= 4 is 34.6 Å². The normalized spacial score (nSPS) is 10.5. The van der Waals surface area contributed by atoms with Crippen molar-refractivity contribution in [1.29, 1.82) is 0 Å². The van der Waals surface area contributed by atoms with Gasteiger partial charge in [-0.1, -0.05) is 11.6 Å². The molecule has 0 fully saturated rings. The van der Waals surface area contributed by atoms with Gasteiger partial charge in [-0.3, -0.25) is 0 Å². The number of carbonyl (C=O) groups excluding carboxylic acids is 1. The Hall–Kier alpha value is -1.82. The average molecular weight is 227 g/mol. The molecule has 0 saturated heterocycles. The Labute approximate surface area is 89.4 Å². The highest BCUT2D eigenvalue weighted by Crippen LogP contribution is 2.24. The maximum Gasteiger partial charge on any atom is 0.340 e. The maximum absolute atomic E-state index is 11.3. The zero-order valence-electron chi connectivity index (χ0n) is 7.74. The van der Waals surface area contributed by atoms with Crippen molar-refractivity contribution in [2.45, 2.75) is 0 Å². The lowest BCUT2D eigenvalue weighted by Crippen LogP contribution is -2.01. The summed E-state index contributed by atoms with van der Waals surface area (Å²) in [4.78, 5) is 21.8. The van der Waals surface area contributed by atoms with Crippen LogP contribution in [0.15, 0.2) is 6.20 Å². The molecule has 0 aliphatic carbocycles. The summed E-state index contributed by atoms with van der Waals surface area (Å²) in [6.45, 7) is 0. The lowest BCUT2D eigenvalue weighted by Gasteiger charge is -1.98. The zero-order valence-corrected chi connectivity index (χ0v) is 8.50. The second kappa shape index (κ2) is 3.39. The Morgan fingerprint density at radius 1 is 1.60 bits per heavy atom. The van der Waals surface area contributed by atoms with E-state index in [-0.39, 0.29) is 16.7 Å². The molecule has 0 aromatic carbocycles. The molecule has 2 heterocycles. The lowest BCUT2D eigenvalue weighted by molar-refractivity contribution is 0.0603. The van der Waals surface area contributed by atoms with Gasteiger partial charge in [-0.05, 0) is 0 Å². The highest BCUT2D eigenvalue weighted by atomic mass is 35.5. The molecule has 0 aliphatic rings. The smallest absolute Gasteiger partial charge is 0.340 e. The van der Waals surface area contributed by atoms with E-state index in [4.69, 9.17) is 17.3 Å². The van der Waals surface area contributed by atoms with Gasteiger partial charge in [0.05, 0.1) is 18.1 Å². The van der Waals surface area contributed by atoms with Crippen LogP contribution < -0.4 is 5.73 Å². The van der Waals surface area contributed by atoms with Gasteiger partial charge in [0.25, 0.3) is 0 Å². The van der Waals surface area contributed by atoms with Gasteiger partial charge in [0, 0.05) is 6.20 Å². The van der Waals surface area contributed by atoms with Crippen LogP contribution in [0.4, 0.5) is 5.95 Å². The largest absolute Gasteiger partial charge is 0.465 e. The number of hydrogen-bond acceptors (Lipinski definition) is 5. The Morgan fingerprint density at radius 3 is 3.00 bits per heavy atom. The molecule has 0 radical (unpaired) electrons. The SMILES string of the molecule is COC(=O)c1c[nH]c2nc(N)nc(Cl)c12. The number of ether oxygens (including phenoxy) is 1. The molecule has 2 aromatic heterocycles. The van der Waals surface area contributed by atoms with Crippen molar-refractivity contribution in [3.63, 3.8) is 0 Å². The molecule has 2 rings (SSSR count). The van der Waals surface area contributed by atoms with Gasteiger partial charge >= 0.3 is 5.97 Å². The molecule has 0 bridgehead atoms. The molecule has 0 atom stereocenters. The fraction of sp³-hybridized carbons (Fsp3) is 0.125. The van der Waals surface area contributed by atoms with Crippen molar-refractivity contribution in [2.75, 3.05) is 12.8 Å². The summed E-state index contributed by atoms with van der Waals surface area (Å²) in [5.41, 5.74) is 6.10. The van der Waals surface area contributed by atoms with Gasteiger partial charge in [0.1, 0.15) is 10.8 Å². The topological polar surface area (TPSA) is 93.9 Å². The van der Waals surface area contributed by atoms with Crippen LogP contribution in [-0.4, -0.2) is 28.0 Å². The Bertz CT molecular complexity index is 537. The summed E-state index contributed by atoms with van der Waals surface area (Å²) < 4.78 is 4.58. The first-order valence-electron chi connectivity index (χ1n) is 4.02. The van der Waals surface area contributed by atoms with Gasteiger partial charge in [-0.2, -0.15) is 4.98 Å². The monoisotopic (exact) mass is 226 g/mol. The minimum atomic E-state index is -0.503. The third-order valence-electron chi connectivity index (χ3n) is 1.91. The molecule has 2 aromatic rings. The number of nitrogens with two attached hydrogens (primary N) is 1. The number of H-pyrrole nitrogens is 1. The average Bonchev–Trinajstić information content (AvgIpc) is 2.60. The number of nitrogens with zero attached hydrogens (tertiary/aromatic N) is 2. The quantitative estimate of drug-likeness (QED) is 0.558. The van der Waals surface area contributed by atoms with Crippen LogP contribution in [0.1, 0.15) is 10.4 Å². The summed E-state index contributed by atoms with van der Waals surface area (Å²) >= 11 is 5.85. The first kappa shape index (κ1) is 9.72. The first-order chi connectivity index (χ1) is 7.13. The number of esters is 1. The molecular weight excluding hydrogens is 220 g/mol. The molecule has 78 valence electrons. The van der Waals surface area contributed by atoms with Gasteiger partial charge in [-0.25, -0.2) is 9.78 Å². The standard InChI is InChI=1S/C8H7ClN4O2/c1-15-7(14)3-2-11-6-4(3)5(9)12-8(10)13-6/h2H,1H3,(H3,10,11,12,13). The van der Waals surface area contributed by atoms with Crippen LogP contribution >= 0.6 is 11.6 Å². The van der Waals surface area contributed by atoms with Gasteiger partial charge in [0.2, 0.25) is 5.95 Å². The molecule has 0 amide bonds. The Morgan fingerprint density at radius 2 is 2.33 bits per heavy atom. The van der Waals surface area contributed by atoms with E-state index in [1.54, 1.807) is 0 Å². The van der Waals surface area contributed by atoms with Gasteiger partial charge in [0.15, 0.2) is 0 Å². The first-order valence-corrected chi connectivity index (χ1v) is 4.39. The van der Waals surface area contributed by atoms with Crippen LogP contribution in [0, 0.1) is 0 Å². The number of anilines is 1.